The van der Waals surface area contributed by atoms with Gasteiger partial charge in [-0.3, -0.25) is 14.4 Å². The van der Waals surface area contributed by atoms with Gasteiger partial charge in [0.25, 0.3) is 0 Å². The molecule has 4 N–H and O–H groups in total. The molecule has 1 saturated heterocycles. The van der Waals surface area contributed by atoms with Crippen LogP contribution in [0.4, 0.5) is 4.39 Å². The summed E-state index contributed by atoms with van der Waals surface area (Å²) in [5, 5.41) is 21.0. The molecule has 1 aliphatic heterocycles. The molecule has 8 nitrogen and oxygen atoms in total. The van der Waals surface area contributed by atoms with E-state index in [9.17, 15) is 23.9 Å². The van der Waals surface area contributed by atoms with Crippen molar-refractivity contribution < 1.29 is 23.9 Å². The van der Waals surface area contributed by atoms with Crippen molar-refractivity contribution in [2.24, 2.45) is 11.3 Å². The zero-order valence-corrected chi connectivity index (χ0v) is 23.7. The van der Waals surface area contributed by atoms with Crippen molar-refractivity contribution in [3.63, 3.8) is 0 Å². The molecule has 39 heavy (non-hydrogen) atoms. The third-order valence-electron chi connectivity index (χ3n) is 6.79. The standard InChI is InChI=1S/C30H43FN4O4/c1-19(2)15-32-16-24(36)17-33-27(37)25(13-20-10-11-21-8-6-7-9-22(21)12-20)34-28(38)26-14-23(31)18-35(26)29(39)30(3,4)5/h6-12,19,23-26,32,36H,13-18H2,1-5H3,(H,33,37)(H,34,38)/t23-,24?,25+,26-/m0/s1. The van der Waals surface area contributed by atoms with Gasteiger partial charge in [0.15, 0.2) is 0 Å². The molecule has 0 radical (unpaired) electrons. The molecular formula is C30H43FN4O4. The quantitative estimate of drug-likeness (QED) is 0.349. The summed E-state index contributed by atoms with van der Waals surface area (Å²) in [6, 6.07) is 11.7. The van der Waals surface area contributed by atoms with Crippen LogP contribution in [0.1, 0.15) is 46.6 Å². The normalized spacial score (nSPS) is 19.2. The van der Waals surface area contributed by atoms with Crippen molar-refractivity contribution >= 4 is 28.5 Å². The van der Waals surface area contributed by atoms with Gasteiger partial charge >= 0.3 is 0 Å². The Labute approximate surface area is 230 Å². The molecule has 0 aliphatic carbocycles. The lowest BCUT2D eigenvalue weighted by molar-refractivity contribution is -0.145. The van der Waals surface area contributed by atoms with Crippen LogP contribution >= 0.6 is 0 Å². The number of benzene rings is 2. The number of likely N-dealkylation sites (tertiary alicyclic amines) is 1. The van der Waals surface area contributed by atoms with Crippen LogP contribution in [-0.2, 0) is 20.8 Å². The van der Waals surface area contributed by atoms with Crippen LogP contribution in [0.15, 0.2) is 42.5 Å². The number of carbonyl (C=O) groups is 3. The minimum atomic E-state index is -1.31. The molecule has 4 atom stereocenters. The first-order chi connectivity index (χ1) is 18.3. The van der Waals surface area contributed by atoms with Gasteiger partial charge in [0.2, 0.25) is 17.7 Å². The molecule has 1 fully saturated rings. The van der Waals surface area contributed by atoms with Gasteiger partial charge in [0.05, 0.1) is 12.6 Å². The first kappa shape index (κ1) is 30.5. The first-order valence-corrected chi connectivity index (χ1v) is 13.7. The largest absolute Gasteiger partial charge is 0.390 e. The fraction of sp³-hybridized carbons (Fsp3) is 0.567. The van der Waals surface area contributed by atoms with E-state index in [1.807, 2.05) is 42.5 Å². The van der Waals surface area contributed by atoms with E-state index >= 15 is 0 Å². The molecule has 0 saturated carbocycles. The average molecular weight is 543 g/mol. The second-order valence-corrected chi connectivity index (χ2v) is 12.0. The van der Waals surface area contributed by atoms with Crippen LogP contribution < -0.4 is 16.0 Å². The fourth-order valence-electron chi connectivity index (χ4n) is 4.72. The van der Waals surface area contributed by atoms with Gasteiger partial charge < -0.3 is 26.0 Å². The number of fused-ring (bicyclic) bond motifs is 1. The first-order valence-electron chi connectivity index (χ1n) is 13.7. The number of amides is 3. The van der Waals surface area contributed by atoms with Crippen molar-refractivity contribution in [1.82, 2.24) is 20.9 Å². The minimum Gasteiger partial charge on any atom is -0.390 e. The summed E-state index contributed by atoms with van der Waals surface area (Å²) in [6.07, 6.45) is -2.03. The number of hydrogen-bond acceptors (Lipinski definition) is 5. The Balaban J connectivity index is 1.75. The summed E-state index contributed by atoms with van der Waals surface area (Å²) in [7, 11) is 0. The number of nitrogens with zero attached hydrogens (tertiary/aromatic N) is 1. The van der Waals surface area contributed by atoms with Gasteiger partial charge in [0, 0.05) is 31.3 Å². The third kappa shape index (κ3) is 8.73. The molecule has 2 aromatic carbocycles. The molecule has 3 amide bonds. The van der Waals surface area contributed by atoms with Crippen molar-refractivity contribution in [3.8, 4) is 0 Å². The predicted molar refractivity (Wildman–Crippen MR) is 151 cm³/mol. The van der Waals surface area contributed by atoms with E-state index in [0.29, 0.717) is 12.5 Å². The van der Waals surface area contributed by atoms with Crippen molar-refractivity contribution in [2.45, 2.75) is 71.8 Å². The van der Waals surface area contributed by atoms with E-state index in [-0.39, 0.29) is 31.8 Å². The Morgan fingerprint density at radius 1 is 1.05 bits per heavy atom. The maximum atomic E-state index is 14.4. The lowest BCUT2D eigenvalue weighted by Crippen LogP contribution is -2.55. The number of carbonyl (C=O) groups excluding carboxylic acids is 3. The average Bonchev–Trinajstić information content (AvgIpc) is 3.27. The van der Waals surface area contributed by atoms with E-state index in [0.717, 1.165) is 22.9 Å². The van der Waals surface area contributed by atoms with Gasteiger partial charge in [-0.15, -0.1) is 0 Å². The van der Waals surface area contributed by atoms with E-state index in [1.165, 1.54) is 4.90 Å². The Morgan fingerprint density at radius 2 is 1.74 bits per heavy atom. The number of alkyl halides is 1. The van der Waals surface area contributed by atoms with Crippen LogP contribution in [0.25, 0.3) is 10.8 Å². The summed E-state index contributed by atoms with van der Waals surface area (Å²) in [5.74, 6) is -0.899. The summed E-state index contributed by atoms with van der Waals surface area (Å²) in [4.78, 5) is 40.9. The van der Waals surface area contributed by atoms with E-state index in [1.54, 1.807) is 20.8 Å². The third-order valence-corrected chi connectivity index (χ3v) is 6.79. The number of hydrogen-bond donors (Lipinski definition) is 4. The fourth-order valence-corrected chi connectivity index (χ4v) is 4.72. The van der Waals surface area contributed by atoms with Crippen LogP contribution in [-0.4, -0.2) is 78.3 Å². The highest BCUT2D eigenvalue weighted by Gasteiger charge is 2.43. The molecule has 1 unspecified atom stereocenters. The summed E-state index contributed by atoms with van der Waals surface area (Å²) < 4.78 is 14.4. The summed E-state index contributed by atoms with van der Waals surface area (Å²) >= 11 is 0. The lowest BCUT2D eigenvalue weighted by atomic mass is 9.94. The second kappa shape index (κ2) is 13.3. The molecule has 214 valence electrons. The van der Waals surface area contributed by atoms with E-state index in [2.05, 4.69) is 29.8 Å². The van der Waals surface area contributed by atoms with E-state index in [4.69, 9.17) is 0 Å². The molecule has 3 rings (SSSR count). The zero-order valence-electron chi connectivity index (χ0n) is 23.7. The highest BCUT2D eigenvalue weighted by molar-refractivity contribution is 5.94. The van der Waals surface area contributed by atoms with Gasteiger partial charge in [-0.1, -0.05) is 77.1 Å². The SMILES string of the molecule is CC(C)CNCC(O)CNC(=O)[C@@H](Cc1ccc2ccccc2c1)NC(=O)[C@@H]1C[C@H](F)CN1C(=O)C(C)(C)C. The zero-order chi connectivity index (χ0) is 28.7. The minimum absolute atomic E-state index is 0.0125. The van der Waals surface area contributed by atoms with E-state index < -0.39 is 41.6 Å². The molecule has 0 spiro atoms. The Morgan fingerprint density at radius 3 is 2.41 bits per heavy atom. The van der Waals surface area contributed by atoms with Gasteiger partial charge in [-0.2, -0.15) is 0 Å². The van der Waals surface area contributed by atoms with Crippen LogP contribution in [0.3, 0.4) is 0 Å². The molecular weight excluding hydrogens is 499 g/mol. The molecule has 2 aromatic rings. The number of aliphatic hydroxyl groups is 1. The maximum Gasteiger partial charge on any atom is 0.243 e. The Bertz CT molecular complexity index is 1150. The van der Waals surface area contributed by atoms with Crippen molar-refractivity contribution in [2.75, 3.05) is 26.2 Å². The molecule has 0 bridgehead atoms. The second-order valence-electron chi connectivity index (χ2n) is 12.0. The number of halogens is 1. The molecule has 1 aliphatic rings. The Hall–Kier alpha value is -3.04. The smallest absolute Gasteiger partial charge is 0.243 e. The van der Waals surface area contributed by atoms with Crippen LogP contribution in [0.2, 0.25) is 0 Å². The van der Waals surface area contributed by atoms with Crippen LogP contribution in [0.5, 0.6) is 0 Å². The maximum absolute atomic E-state index is 14.4. The van der Waals surface area contributed by atoms with Gasteiger partial charge in [0.1, 0.15) is 18.3 Å². The number of aliphatic hydroxyl groups excluding tert-OH is 1. The topological polar surface area (TPSA) is 111 Å². The molecule has 1 heterocycles. The lowest BCUT2D eigenvalue weighted by Gasteiger charge is -2.31. The highest BCUT2D eigenvalue weighted by atomic mass is 19.1. The molecule has 9 heteroatoms. The van der Waals surface area contributed by atoms with Crippen molar-refractivity contribution in [1.29, 1.82) is 0 Å². The summed E-state index contributed by atoms with van der Waals surface area (Å²) in [5.41, 5.74) is 0.0650. The molecule has 0 aromatic heterocycles. The van der Waals surface area contributed by atoms with Gasteiger partial charge in [-0.05, 0) is 28.8 Å². The predicted octanol–water partition coefficient (Wildman–Crippen LogP) is 2.57. The van der Waals surface area contributed by atoms with Gasteiger partial charge in [-0.25, -0.2) is 4.39 Å². The highest BCUT2D eigenvalue weighted by Crippen LogP contribution is 2.27. The summed E-state index contributed by atoms with van der Waals surface area (Å²) in [6.45, 7) is 10.2. The van der Waals surface area contributed by atoms with Crippen molar-refractivity contribution in [3.05, 3.63) is 48.0 Å². The van der Waals surface area contributed by atoms with Crippen LogP contribution in [0, 0.1) is 11.3 Å². The number of nitrogens with one attached hydrogen (secondary N) is 3. The number of rotatable bonds is 11. The Kier molecular flexibility index (Phi) is 10.4. The monoisotopic (exact) mass is 542 g/mol.